The maximum atomic E-state index is 12.3. The Hall–Kier alpha value is -2.53. The second kappa shape index (κ2) is 6.28. The molecule has 0 saturated heterocycles. The lowest BCUT2D eigenvalue weighted by Crippen LogP contribution is -2.17. The van der Waals surface area contributed by atoms with Crippen molar-refractivity contribution in [2.75, 3.05) is 29.7 Å². The summed E-state index contributed by atoms with van der Waals surface area (Å²) in [5.74, 6) is 5.23. The summed E-state index contributed by atoms with van der Waals surface area (Å²) < 4.78 is 0. The number of nitrogen functional groups attached to an aromatic ring is 1. The third-order valence-corrected chi connectivity index (χ3v) is 3.28. The Kier molecular flexibility index (Phi) is 4.45. The van der Waals surface area contributed by atoms with Gasteiger partial charge in [0, 0.05) is 25.5 Å². The van der Waals surface area contributed by atoms with E-state index in [1.165, 1.54) is 0 Å². The number of carbonyl (C=O) groups is 1. The van der Waals surface area contributed by atoms with Gasteiger partial charge in [0.15, 0.2) is 0 Å². The van der Waals surface area contributed by atoms with Crippen LogP contribution in [0.5, 0.6) is 0 Å². The van der Waals surface area contributed by atoms with Crippen molar-refractivity contribution < 1.29 is 4.79 Å². The molecule has 0 aliphatic heterocycles. The predicted octanol–water partition coefficient (Wildman–Crippen LogP) is 2.60. The number of hydrogen-bond acceptors (Lipinski definition) is 4. The number of para-hydroxylation sites is 1. The lowest BCUT2D eigenvalue weighted by Gasteiger charge is -2.17. The number of anilines is 3. The number of nitrogens with zero attached hydrogens (tertiary/aromatic N) is 1. The maximum Gasteiger partial charge on any atom is 0.257 e. The van der Waals surface area contributed by atoms with E-state index in [1.54, 1.807) is 18.2 Å². The average Bonchev–Trinajstić information content (AvgIpc) is 2.48. The van der Waals surface area contributed by atoms with E-state index in [0.717, 1.165) is 16.9 Å². The van der Waals surface area contributed by atoms with Crippen LogP contribution in [0.15, 0.2) is 42.5 Å². The molecular weight excluding hydrogens is 264 g/mol. The molecule has 0 fully saturated rings. The van der Waals surface area contributed by atoms with Crippen LogP contribution in [-0.2, 0) is 0 Å². The average molecular weight is 284 g/mol. The number of amides is 1. The molecule has 0 aromatic heterocycles. The number of carbonyl (C=O) groups excluding carboxylic acids is 1. The first kappa shape index (κ1) is 14.9. The van der Waals surface area contributed by atoms with Crippen LogP contribution in [0, 0.1) is 6.92 Å². The third-order valence-electron chi connectivity index (χ3n) is 3.28. The maximum absolute atomic E-state index is 12.3. The van der Waals surface area contributed by atoms with E-state index < -0.39 is 0 Å². The van der Waals surface area contributed by atoms with Crippen LogP contribution >= 0.6 is 0 Å². The lowest BCUT2D eigenvalue weighted by molar-refractivity contribution is 0.102. The molecule has 0 aliphatic carbocycles. The summed E-state index contributed by atoms with van der Waals surface area (Å²) in [5.41, 5.74) is 6.60. The predicted molar refractivity (Wildman–Crippen MR) is 87.7 cm³/mol. The summed E-state index contributed by atoms with van der Waals surface area (Å²) in [6, 6.07) is 12.9. The van der Waals surface area contributed by atoms with Gasteiger partial charge >= 0.3 is 0 Å². The second-order valence-corrected chi connectivity index (χ2v) is 5.04. The molecule has 2 rings (SSSR count). The molecule has 2 aromatic rings. The summed E-state index contributed by atoms with van der Waals surface area (Å²) in [7, 11) is 3.95. The highest BCUT2D eigenvalue weighted by atomic mass is 16.1. The van der Waals surface area contributed by atoms with E-state index in [1.807, 2.05) is 50.2 Å². The van der Waals surface area contributed by atoms with Crippen LogP contribution in [0.25, 0.3) is 0 Å². The first-order valence-corrected chi connectivity index (χ1v) is 6.68. The van der Waals surface area contributed by atoms with Crippen LogP contribution in [0.1, 0.15) is 15.9 Å². The highest BCUT2D eigenvalue weighted by molar-refractivity contribution is 6.08. The summed E-state index contributed by atoms with van der Waals surface area (Å²) in [4.78, 5) is 14.4. The van der Waals surface area contributed by atoms with Gasteiger partial charge in [0.1, 0.15) is 0 Å². The van der Waals surface area contributed by atoms with Crippen molar-refractivity contribution in [3.8, 4) is 0 Å². The van der Waals surface area contributed by atoms with E-state index in [4.69, 9.17) is 5.84 Å². The summed E-state index contributed by atoms with van der Waals surface area (Å²) >= 11 is 0. The Morgan fingerprint density at radius 3 is 2.52 bits per heavy atom. The normalized spacial score (nSPS) is 10.1. The van der Waals surface area contributed by atoms with Gasteiger partial charge in [0.05, 0.1) is 11.3 Å². The number of nitrogens with one attached hydrogen (secondary N) is 2. The SMILES string of the molecule is Cc1ccc(NC(=O)c2ccccc2NN)cc1N(C)C. The number of hydrazine groups is 1. The second-order valence-electron chi connectivity index (χ2n) is 5.04. The zero-order valence-electron chi connectivity index (χ0n) is 12.5. The van der Waals surface area contributed by atoms with E-state index in [-0.39, 0.29) is 5.91 Å². The van der Waals surface area contributed by atoms with Gasteiger partial charge in [0.2, 0.25) is 0 Å². The molecule has 0 aliphatic rings. The highest BCUT2D eigenvalue weighted by Gasteiger charge is 2.11. The van der Waals surface area contributed by atoms with E-state index in [9.17, 15) is 4.79 Å². The quantitative estimate of drug-likeness (QED) is 0.596. The van der Waals surface area contributed by atoms with Gasteiger partial charge < -0.3 is 15.6 Å². The number of aryl methyl sites for hydroxylation is 1. The molecule has 0 radical (unpaired) electrons. The minimum atomic E-state index is -0.197. The number of benzene rings is 2. The van der Waals surface area contributed by atoms with Crippen molar-refractivity contribution in [1.29, 1.82) is 0 Å². The molecule has 0 saturated carbocycles. The Bertz CT molecular complexity index is 652. The summed E-state index contributed by atoms with van der Waals surface area (Å²) in [6.07, 6.45) is 0. The molecule has 1 amide bonds. The van der Waals surface area contributed by atoms with Crippen molar-refractivity contribution in [1.82, 2.24) is 0 Å². The minimum Gasteiger partial charge on any atom is -0.377 e. The van der Waals surface area contributed by atoms with Crippen LogP contribution < -0.4 is 21.5 Å². The molecular formula is C16H20N4O. The zero-order valence-corrected chi connectivity index (χ0v) is 12.5. The van der Waals surface area contributed by atoms with Crippen LogP contribution in [-0.4, -0.2) is 20.0 Å². The molecule has 5 nitrogen and oxygen atoms in total. The molecule has 21 heavy (non-hydrogen) atoms. The Labute approximate surface area is 124 Å². The molecule has 0 spiro atoms. The Balaban J connectivity index is 2.26. The molecule has 110 valence electrons. The smallest absolute Gasteiger partial charge is 0.257 e. The molecule has 0 bridgehead atoms. The van der Waals surface area contributed by atoms with Crippen molar-refractivity contribution in [2.24, 2.45) is 5.84 Å². The number of hydrogen-bond donors (Lipinski definition) is 3. The standard InChI is InChI=1S/C16H20N4O/c1-11-8-9-12(10-15(11)20(2)3)18-16(21)13-6-4-5-7-14(13)19-17/h4-10,19H,17H2,1-3H3,(H,18,21). The van der Waals surface area contributed by atoms with E-state index in [0.29, 0.717) is 11.3 Å². The molecule has 0 atom stereocenters. The van der Waals surface area contributed by atoms with Crippen LogP contribution in [0.3, 0.4) is 0 Å². The molecule has 2 aromatic carbocycles. The summed E-state index contributed by atoms with van der Waals surface area (Å²) in [5, 5.41) is 2.89. The molecule has 0 heterocycles. The lowest BCUT2D eigenvalue weighted by atomic mass is 10.1. The van der Waals surface area contributed by atoms with Gasteiger partial charge in [-0.1, -0.05) is 18.2 Å². The first-order chi connectivity index (χ1) is 10.0. The molecule has 0 unspecified atom stereocenters. The first-order valence-electron chi connectivity index (χ1n) is 6.68. The van der Waals surface area contributed by atoms with Gasteiger partial charge in [-0.3, -0.25) is 10.6 Å². The number of rotatable bonds is 4. The topological polar surface area (TPSA) is 70.4 Å². The number of nitrogens with two attached hydrogens (primary N) is 1. The van der Waals surface area contributed by atoms with Gasteiger partial charge in [-0.25, -0.2) is 0 Å². The van der Waals surface area contributed by atoms with Gasteiger partial charge in [-0.05, 0) is 36.8 Å². The Morgan fingerprint density at radius 2 is 1.86 bits per heavy atom. The minimum absolute atomic E-state index is 0.197. The van der Waals surface area contributed by atoms with E-state index >= 15 is 0 Å². The largest absolute Gasteiger partial charge is 0.377 e. The van der Waals surface area contributed by atoms with Gasteiger partial charge in [-0.2, -0.15) is 0 Å². The van der Waals surface area contributed by atoms with Gasteiger partial charge in [-0.15, -0.1) is 0 Å². The zero-order chi connectivity index (χ0) is 15.4. The van der Waals surface area contributed by atoms with Crippen molar-refractivity contribution in [3.05, 3.63) is 53.6 Å². The van der Waals surface area contributed by atoms with Crippen LogP contribution in [0.2, 0.25) is 0 Å². The monoisotopic (exact) mass is 284 g/mol. The highest BCUT2D eigenvalue weighted by Crippen LogP contribution is 2.23. The molecule has 5 heteroatoms. The van der Waals surface area contributed by atoms with Crippen LogP contribution in [0.4, 0.5) is 17.1 Å². The fraction of sp³-hybridized carbons (Fsp3) is 0.188. The van der Waals surface area contributed by atoms with Crippen molar-refractivity contribution in [2.45, 2.75) is 6.92 Å². The van der Waals surface area contributed by atoms with E-state index in [2.05, 4.69) is 10.7 Å². The van der Waals surface area contributed by atoms with Gasteiger partial charge in [0.25, 0.3) is 5.91 Å². The molecule has 4 N–H and O–H groups in total. The van der Waals surface area contributed by atoms with Crippen molar-refractivity contribution >= 4 is 23.0 Å². The third kappa shape index (κ3) is 3.32. The van der Waals surface area contributed by atoms with Crippen molar-refractivity contribution in [3.63, 3.8) is 0 Å². The summed E-state index contributed by atoms with van der Waals surface area (Å²) in [6.45, 7) is 2.04. The Morgan fingerprint density at radius 1 is 1.14 bits per heavy atom. The fourth-order valence-electron chi connectivity index (χ4n) is 2.17. The fourth-order valence-corrected chi connectivity index (χ4v) is 2.17.